The number of fused-ring (bicyclic) bond motifs is 1. The van der Waals surface area contributed by atoms with Crippen molar-refractivity contribution >= 4 is 63.7 Å². The second-order valence-corrected chi connectivity index (χ2v) is 12.0. The molecule has 3 N–H and O–H groups in total. The van der Waals surface area contributed by atoms with Crippen LogP contribution in [0.4, 0.5) is 5.13 Å². The van der Waals surface area contributed by atoms with Crippen LogP contribution in [-0.4, -0.2) is 75.5 Å². The number of carbonyl (C=O) groups is 6. The van der Waals surface area contributed by atoms with Gasteiger partial charge in [0.2, 0.25) is 12.2 Å². The van der Waals surface area contributed by atoms with Crippen LogP contribution in [0.3, 0.4) is 0 Å². The highest BCUT2D eigenvalue weighted by Crippen LogP contribution is 2.41. The first-order valence-corrected chi connectivity index (χ1v) is 15.2. The Bertz CT molecular complexity index is 1260. The standard InChI is InChI=1S/C26H32N4O9S2/c1-13(31)8-19(33)37-10-16-11-40-23-20(29-18(32)9-17-12-41-26(27)28-17)22(34)30(23)21(16)25(36)39-14(2)38-24(35)15-6-4-3-5-7-15/h12,14-15,20,23H,3-11H2,1-2H3,(H2,27,28)(H,29,32)/t14?,20-,23+/m1/s1. The van der Waals surface area contributed by atoms with Gasteiger partial charge in [-0.3, -0.25) is 28.9 Å². The number of aromatic nitrogens is 1. The number of rotatable bonds is 11. The number of thiazole rings is 1. The van der Waals surface area contributed by atoms with Gasteiger partial charge in [-0.25, -0.2) is 9.78 Å². The van der Waals surface area contributed by atoms with E-state index >= 15 is 0 Å². The number of esters is 3. The van der Waals surface area contributed by atoms with Crippen LogP contribution in [0.2, 0.25) is 0 Å². The van der Waals surface area contributed by atoms with Crippen LogP contribution in [0, 0.1) is 5.92 Å². The average molecular weight is 609 g/mol. The van der Waals surface area contributed by atoms with Gasteiger partial charge >= 0.3 is 17.9 Å². The summed E-state index contributed by atoms with van der Waals surface area (Å²) >= 11 is 2.47. The summed E-state index contributed by atoms with van der Waals surface area (Å²) in [5, 5.41) is 4.03. The van der Waals surface area contributed by atoms with E-state index in [0.29, 0.717) is 23.7 Å². The second kappa shape index (κ2) is 13.5. The number of amides is 2. The summed E-state index contributed by atoms with van der Waals surface area (Å²) < 4.78 is 15.9. The van der Waals surface area contributed by atoms with Gasteiger partial charge in [0.15, 0.2) is 5.13 Å². The van der Waals surface area contributed by atoms with Gasteiger partial charge in [-0.15, -0.1) is 23.1 Å². The first-order valence-electron chi connectivity index (χ1n) is 13.3. The first-order chi connectivity index (χ1) is 19.5. The highest BCUT2D eigenvalue weighted by molar-refractivity contribution is 8.00. The van der Waals surface area contributed by atoms with Crippen molar-refractivity contribution in [3.8, 4) is 0 Å². The molecule has 0 radical (unpaired) electrons. The van der Waals surface area contributed by atoms with Crippen LogP contribution >= 0.6 is 23.1 Å². The third kappa shape index (κ3) is 7.64. The highest BCUT2D eigenvalue weighted by atomic mass is 32.2. The van der Waals surface area contributed by atoms with Crippen molar-refractivity contribution in [2.24, 2.45) is 5.92 Å². The lowest BCUT2D eigenvalue weighted by Gasteiger charge is -2.49. The predicted octanol–water partition coefficient (Wildman–Crippen LogP) is 1.46. The van der Waals surface area contributed by atoms with E-state index in [2.05, 4.69) is 10.3 Å². The maximum absolute atomic E-state index is 13.3. The number of nitrogens with zero attached hydrogens (tertiary/aromatic N) is 2. The average Bonchev–Trinajstić information content (AvgIpc) is 3.33. The third-order valence-electron chi connectivity index (χ3n) is 6.76. The van der Waals surface area contributed by atoms with Crippen LogP contribution in [-0.2, 0) is 49.4 Å². The number of nitrogens with one attached hydrogen (secondary N) is 1. The van der Waals surface area contributed by atoms with E-state index in [-0.39, 0.29) is 41.8 Å². The Morgan fingerprint density at radius 3 is 2.56 bits per heavy atom. The summed E-state index contributed by atoms with van der Waals surface area (Å²) in [5.41, 5.74) is 6.23. The Labute approximate surface area is 244 Å². The summed E-state index contributed by atoms with van der Waals surface area (Å²) in [6, 6.07) is -0.908. The van der Waals surface area contributed by atoms with Crippen LogP contribution in [0.5, 0.6) is 0 Å². The SMILES string of the molecule is CC(=O)CC(=O)OCC1=C(C(=O)OC(C)OC(=O)C2CCCCC2)N2C(=O)[C@@H](NC(=O)Cc3csc(N)n3)[C@@H]2SC1. The molecule has 1 saturated carbocycles. The quantitative estimate of drug-likeness (QED) is 0.160. The molecular formula is C26H32N4O9S2. The van der Waals surface area contributed by atoms with Crippen LogP contribution in [0.15, 0.2) is 16.7 Å². The van der Waals surface area contributed by atoms with Crippen molar-refractivity contribution in [1.82, 2.24) is 15.2 Å². The number of hydrogen-bond acceptors (Lipinski definition) is 13. The van der Waals surface area contributed by atoms with Crippen molar-refractivity contribution in [2.45, 2.75) is 76.5 Å². The second-order valence-electron chi connectivity index (χ2n) is 10.0. The number of nitrogen functional groups attached to an aromatic ring is 1. The fourth-order valence-corrected chi connectivity index (χ4v) is 6.72. The topological polar surface area (TPSA) is 184 Å². The number of nitrogens with two attached hydrogens (primary N) is 1. The van der Waals surface area contributed by atoms with E-state index in [1.54, 1.807) is 5.38 Å². The lowest BCUT2D eigenvalue weighted by molar-refractivity contribution is -0.188. The van der Waals surface area contributed by atoms with Crippen LogP contribution in [0.25, 0.3) is 0 Å². The molecule has 1 aromatic heterocycles. The van der Waals surface area contributed by atoms with E-state index in [4.69, 9.17) is 19.9 Å². The zero-order valence-electron chi connectivity index (χ0n) is 22.7. The fraction of sp³-hybridized carbons (Fsp3) is 0.577. The Morgan fingerprint density at radius 2 is 1.90 bits per heavy atom. The third-order valence-corrected chi connectivity index (χ3v) is 8.82. The monoisotopic (exact) mass is 608 g/mol. The van der Waals surface area contributed by atoms with Gasteiger partial charge in [0.05, 0.1) is 18.0 Å². The van der Waals surface area contributed by atoms with Crippen molar-refractivity contribution in [1.29, 1.82) is 0 Å². The molecule has 1 aromatic rings. The number of thioether (sulfide) groups is 1. The fourth-order valence-electron chi connectivity index (χ4n) is 4.83. The molecule has 3 aliphatic rings. The Balaban J connectivity index is 1.45. The van der Waals surface area contributed by atoms with Crippen molar-refractivity contribution < 1.29 is 43.0 Å². The van der Waals surface area contributed by atoms with E-state index in [1.165, 1.54) is 41.8 Å². The molecule has 0 aromatic carbocycles. The molecule has 4 rings (SSSR count). The number of Topliss-reactive ketones (excluding diaryl/α,β-unsaturated/α-hetero) is 1. The Morgan fingerprint density at radius 1 is 1.17 bits per heavy atom. The summed E-state index contributed by atoms with van der Waals surface area (Å²) in [7, 11) is 0. The molecule has 15 heteroatoms. The summed E-state index contributed by atoms with van der Waals surface area (Å²) in [6.07, 6.45) is 2.62. The number of ketones is 1. The molecule has 0 spiro atoms. The zero-order valence-corrected chi connectivity index (χ0v) is 24.3. The molecule has 41 heavy (non-hydrogen) atoms. The largest absolute Gasteiger partial charge is 0.461 e. The van der Waals surface area contributed by atoms with Crippen molar-refractivity contribution in [3.63, 3.8) is 0 Å². The number of ether oxygens (including phenoxy) is 3. The number of β-lactam (4-membered cyclic amide) rings is 1. The molecule has 1 unspecified atom stereocenters. The molecule has 2 fully saturated rings. The molecule has 13 nitrogen and oxygen atoms in total. The maximum atomic E-state index is 13.3. The minimum absolute atomic E-state index is 0.0686. The molecule has 1 saturated heterocycles. The molecule has 3 heterocycles. The van der Waals surface area contributed by atoms with Gasteiger partial charge in [0.1, 0.15) is 35.9 Å². The molecule has 0 bridgehead atoms. The van der Waals surface area contributed by atoms with E-state index in [0.717, 1.165) is 19.3 Å². The van der Waals surface area contributed by atoms with Crippen LogP contribution < -0.4 is 11.1 Å². The van der Waals surface area contributed by atoms with Gasteiger partial charge in [-0.1, -0.05) is 19.3 Å². The summed E-state index contributed by atoms with van der Waals surface area (Å²) in [5.74, 6) is -3.61. The maximum Gasteiger partial charge on any atom is 0.358 e. The summed E-state index contributed by atoms with van der Waals surface area (Å²) in [4.78, 5) is 80.1. The molecular weight excluding hydrogens is 576 g/mol. The normalized spacial score (nSPS) is 21.3. The Kier molecular flexibility index (Phi) is 10.0. The lowest BCUT2D eigenvalue weighted by atomic mass is 9.89. The zero-order chi connectivity index (χ0) is 29.7. The van der Waals surface area contributed by atoms with Gasteiger partial charge in [0, 0.05) is 23.6 Å². The van der Waals surface area contributed by atoms with Gasteiger partial charge in [-0.2, -0.15) is 0 Å². The predicted molar refractivity (Wildman–Crippen MR) is 147 cm³/mol. The molecule has 2 aliphatic heterocycles. The number of carbonyl (C=O) groups excluding carboxylic acids is 6. The van der Waals surface area contributed by atoms with Gasteiger partial charge in [0.25, 0.3) is 5.91 Å². The number of anilines is 1. The van der Waals surface area contributed by atoms with E-state index in [1.807, 2.05) is 0 Å². The Hall–Kier alpha value is -3.46. The number of hydrogen-bond donors (Lipinski definition) is 2. The minimum atomic E-state index is -1.23. The van der Waals surface area contributed by atoms with Gasteiger partial charge < -0.3 is 25.3 Å². The van der Waals surface area contributed by atoms with E-state index in [9.17, 15) is 28.8 Å². The lowest BCUT2D eigenvalue weighted by Crippen LogP contribution is -2.70. The molecule has 3 atom stereocenters. The molecule has 2 amide bonds. The van der Waals surface area contributed by atoms with Crippen LogP contribution in [0.1, 0.15) is 58.1 Å². The van der Waals surface area contributed by atoms with Crippen molar-refractivity contribution in [3.05, 3.63) is 22.3 Å². The molecule has 222 valence electrons. The van der Waals surface area contributed by atoms with E-state index < -0.39 is 53.8 Å². The summed E-state index contributed by atoms with van der Waals surface area (Å²) in [6.45, 7) is 2.31. The van der Waals surface area contributed by atoms with Crippen molar-refractivity contribution in [2.75, 3.05) is 18.1 Å². The minimum Gasteiger partial charge on any atom is -0.461 e. The first kappa shape index (κ1) is 30.5. The molecule has 1 aliphatic carbocycles. The van der Waals surface area contributed by atoms with Gasteiger partial charge in [-0.05, 0) is 19.8 Å². The smallest absolute Gasteiger partial charge is 0.358 e. The highest BCUT2D eigenvalue weighted by Gasteiger charge is 2.54.